The molecule has 3 heterocycles. The standard InChI is InChI=1S/C32H38F2N5O8P/c1-19(40)38-13-12-23-7-11-28(31(43)37(2)22-5-8-24(9-6-22)47-15-14-46-3)39(23)30(42)27(18-38)36-29(41)26-17-20-16-21(4-10-25(20)35-26)32(33,34)48(44)45/h4-6,8-10,16-17,23,27-28,35,44-45H,7,11-15,18H2,1-3H3,(H,36,41)/t23-,27+,28+/m1/s1. The fourth-order valence-electron chi connectivity index (χ4n) is 6.16. The number of hydrogen-bond acceptors (Lipinski definition) is 8. The van der Waals surface area contributed by atoms with Crippen molar-refractivity contribution in [3.05, 3.63) is 59.8 Å². The summed E-state index contributed by atoms with van der Waals surface area (Å²) in [5.74, 6) is -1.20. The number of hydrogen-bond donors (Lipinski definition) is 4. The van der Waals surface area contributed by atoms with Crippen LogP contribution < -0.4 is 15.0 Å². The number of fused-ring (bicyclic) bond motifs is 2. The SMILES string of the molecule is COCCOc1ccc(N(C)C(=O)[C@@H]2CC[C@@H]3CCN(C(C)=O)C[C@H](NC(=O)c4cc5cc(C(F)(F)P(O)O)ccc5[nH]4)C(=O)N32)cc1. The predicted octanol–water partition coefficient (Wildman–Crippen LogP) is 2.91. The van der Waals surface area contributed by atoms with Crippen LogP contribution in [0, 0.1) is 0 Å². The highest BCUT2D eigenvalue weighted by molar-refractivity contribution is 7.46. The Labute approximate surface area is 276 Å². The van der Waals surface area contributed by atoms with Gasteiger partial charge in [-0.1, -0.05) is 6.07 Å². The van der Waals surface area contributed by atoms with Crippen LogP contribution >= 0.6 is 8.38 Å². The van der Waals surface area contributed by atoms with Crippen molar-refractivity contribution in [1.82, 2.24) is 20.1 Å². The van der Waals surface area contributed by atoms with Gasteiger partial charge in [0.2, 0.25) is 26.1 Å². The third kappa shape index (κ3) is 7.29. The van der Waals surface area contributed by atoms with Gasteiger partial charge in [-0.3, -0.25) is 19.2 Å². The fourth-order valence-corrected chi connectivity index (χ4v) is 6.53. The van der Waals surface area contributed by atoms with E-state index in [-0.39, 0.29) is 35.5 Å². The number of methoxy groups -OCH3 is 1. The second-order valence-electron chi connectivity index (χ2n) is 11.8. The monoisotopic (exact) mass is 689 g/mol. The molecule has 3 atom stereocenters. The zero-order valence-electron chi connectivity index (χ0n) is 26.7. The molecule has 0 radical (unpaired) electrons. The van der Waals surface area contributed by atoms with Gasteiger partial charge < -0.3 is 44.3 Å². The number of carbonyl (C=O) groups is 4. The lowest BCUT2D eigenvalue weighted by atomic mass is 10.1. The Balaban J connectivity index is 1.36. The first-order chi connectivity index (χ1) is 22.8. The molecule has 13 nitrogen and oxygen atoms in total. The molecule has 16 heteroatoms. The number of ether oxygens (including phenoxy) is 2. The highest BCUT2D eigenvalue weighted by Crippen LogP contribution is 2.52. The van der Waals surface area contributed by atoms with Crippen LogP contribution in [0.4, 0.5) is 14.5 Å². The molecule has 258 valence electrons. The van der Waals surface area contributed by atoms with E-state index in [1.54, 1.807) is 38.4 Å². The van der Waals surface area contributed by atoms with Crippen molar-refractivity contribution in [2.75, 3.05) is 45.4 Å². The zero-order valence-corrected chi connectivity index (χ0v) is 27.6. The van der Waals surface area contributed by atoms with E-state index in [1.807, 2.05) is 0 Å². The van der Waals surface area contributed by atoms with Crippen LogP contribution in [-0.4, -0.2) is 107 Å². The molecular weight excluding hydrogens is 651 g/mol. The minimum atomic E-state index is -3.87. The Bertz CT molecular complexity index is 1670. The minimum Gasteiger partial charge on any atom is -0.491 e. The van der Waals surface area contributed by atoms with Crippen molar-refractivity contribution in [2.45, 2.75) is 50.0 Å². The summed E-state index contributed by atoms with van der Waals surface area (Å²) in [5.41, 5.74) is -3.61. The lowest BCUT2D eigenvalue weighted by Gasteiger charge is -2.39. The number of aromatic amines is 1. The minimum absolute atomic E-state index is 0.0371. The number of likely N-dealkylation sites (N-methyl/N-ethyl adjacent to an activating group) is 1. The Kier molecular flexibility index (Phi) is 10.6. The molecule has 0 saturated carbocycles. The van der Waals surface area contributed by atoms with Gasteiger partial charge in [0.1, 0.15) is 30.1 Å². The molecule has 4 amide bonds. The van der Waals surface area contributed by atoms with Crippen molar-refractivity contribution in [3.63, 3.8) is 0 Å². The van der Waals surface area contributed by atoms with Gasteiger partial charge in [-0.15, -0.1) is 0 Å². The van der Waals surface area contributed by atoms with E-state index >= 15 is 0 Å². The second kappa shape index (κ2) is 14.5. The normalized spacial score (nSPS) is 20.0. The summed E-state index contributed by atoms with van der Waals surface area (Å²) >= 11 is 0. The van der Waals surface area contributed by atoms with Gasteiger partial charge in [0.25, 0.3) is 5.91 Å². The van der Waals surface area contributed by atoms with Gasteiger partial charge in [0, 0.05) is 62.4 Å². The molecule has 0 aliphatic carbocycles. The molecule has 48 heavy (non-hydrogen) atoms. The maximum Gasteiger partial charge on any atom is 0.339 e. The van der Waals surface area contributed by atoms with Crippen LogP contribution in [0.25, 0.3) is 10.9 Å². The number of carbonyl (C=O) groups excluding carboxylic acids is 4. The van der Waals surface area contributed by atoms with Crippen LogP contribution in [0.15, 0.2) is 48.5 Å². The summed E-state index contributed by atoms with van der Waals surface area (Å²) in [6.07, 6.45) is 1.40. The molecule has 4 N–H and O–H groups in total. The molecule has 1 aromatic heterocycles. The molecule has 5 rings (SSSR count). The van der Waals surface area contributed by atoms with Crippen LogP contribution in [-0.2, 0) is 24.8 Å². The van der Waals surface area contributed by atoms with Gasteiger partial charge in [0.05, 0.1) is 6.61 Å². The smallest absolute Gasteiger partial charge is 0.339 e. The Hall–Kier alpha value is -4.17. The van der Waals surface area contributed by atoms with Crippen molar-refractivity contribution in [2.24, 2.45) is 0 Å². The summed E-state index contributed by atoms with van der Waals surface area (Å²) in [7, 11) is -0.377. The first kappa shape index (κ1) is 35.1. The number of nitrogens with one attached hydrogen (secondary N) is 2. The number of anilines is 1. The van der Waals surface area contributed by atoms with Crippen LogP contribution in [0.1, 0.15) is 42.2 Å². The average Bonchev–Trinajstić information content (AvgIpc) is 3.68. The average molecular weight is 690 g/mol. The van der Waals surface area contributed by atoms with Gasteiger partial charge >= 0.3 is 5.66 Å². The maximum atomic E-state index is 14.2. The van der Waals surface area contributed by atoms with E-state index in [2.05, 4.69) is 10.3 Å². The highest BCUT2D eigenvalue weighted by atomic mass is 31.2. The predicted molar refractivity (Wildman–Crippen MR) is 173 cm³/mol. The maximum absolute atomic E-state index is 14.2. The number of benzene rings is 2. The summed E-state index contributed by atoms with van der Waals surface area (Å²) < 4.78 is 39.1. The Morgan fingerprint density at radius 1 is 1.08 bits per heavy atom. The van der Waals surface area contributed by atoms with E-state index in [1.165, 1.54) is 33.8 Å². The highest BCUT2D eigenvalue weighted by Gasteiger charge is 2.46. The Morgan fingerprint density at radius 3 is 2.48 bits per heavy atom. The molecule has 2 aromatic carbocycles. The molecule has 2 aliphatic rings. The summed E-state index contributed by atoms with van der Waals surface area (Å²) in [4.78, 5) is 79.6. The number of alkyl halides is 2. The molecule has 0 spiro atoms. The number of aromatic nitrogens is 1. The summed E-state index contributed by atoms with van der Waals surface area (Å²) in [6, 6.07) is 9.29. The van der Waals surface area contributed by atoms with Crippen LogP contribution in [0.3, 0.4) is 0 Å². The molecule has 0 bridgehead atoms. The molecule has 2 aliphatic heterocycles. The van der Waals surface area contributed by atoms with Crippen molar-refractivity contribution < 1.29 is 47.2 Å². The molecule has 3 aromatic rings. The van der Waals surface area contributed by atoms with E-state index < -0.39 is 43.5 Å². The number of H-pyrrole nitrogens is 1. The van der Waals surface area contributed by atoms with Gasteiger partial charge in [0.15, 0.2) is 0 Å². The van der Waals surface area contributed by atoms with E-state index in [9.17, 15) is 28.0 Å². The van der Waals surface area contributed by atoms with Gasteiger partial charge in [-0.05, 0) is 61.7 Å². The topological polar surface area (TPSA) is 165 Å². The quantitative estimate of drug-likeness (QED) is 0.187. The number of nitrogens with zero attached hydrogens (tertiary/aromatic N) is 3. The van der Waals surface area contributed by atoms with Crippen molar-refractivity contribution in [1.29, 1.82) is 0 Å². The third-order valence-corrected chi connectivity index (χ3v) is 9.56. The number of rotatable bonds is 10. The first-order valence-corrected chi connectivity index (χ1v) is 16.6. The molecule has 2 fully saturated rings. The van der Waals surface area contributed by atoms with Crippen LogP contribution in [0.5, 0.6) is 5.75 Å². The van der Waals surface area contributed by atoms with E-state index in [4.69, 9.17) is 19.3 Å². The largest absolute Gasteiger partial charge is 0.491 e. The Morgan fingerprint density at radius 2 is 1.81 bits per heavy atom. The summed E-state index contributed by atoms with van der Waals surface area (Å²) in [6.45, 7) is 2.37. The molecular formula is C32H38F2N5O8P. The van der Waals surface area contributed by atoms with Crippen molar-refractivity contribution >= 4 is 48.6 Å². The van der Waals surface area contributed by atoms with Crippen molar-refractivity contribution in [3.8, 4) is 5.75 Å². The summed E-state index contributed by atoms with van der Waals surface area (Å²) in [5, 5.41) is 2.91. The van der Waals surface area contributed by atoms with E-state index in [0.29, 0.717) is 56.0 Å². The first-order valence-electron chi connectivity index (χ1n) is 15.4. The molecule has 2 saturated heterocycles. The molecule has 0 unspecified atom stereocenters. The van der Waals surface area contributed by atoms with Gasteiger partial charge in [-0.25, -0.2) is 0 Å². The second-order valence-corrected chi connectivity index (χ2v) is 13.0. The fraction of sp³-hybridized carbons (Fsp3) is 0.438. The number of halogens is 2. The van der Waals surface area contributed by atoms with Crippen LogP contribution in [0.2, 0.25) is 0 Å². The third-order valence-electron chi connectivity index (χ3n) is 8.80. The lowest BCUT2D eigenvalue weighted by molar-refractivity contribution is -0.144. The zero-order chi connectivity index (χ0) is 34.7. The van der Waals surface area contributed by atoms with Gasteiger partial charge in [-0.2, -0.15) is 8.78 Å². The van der Waals surface area contributed by atoms with E-state index in [0.717, 1.165) is 12.1 Å². The lowest BCUT2D eigenvalue weighted by Crippen LogP contribution is -2.61. The number of amides is 4.